The summed E-state index contributed by atoms with van der Waals surface area (Å²) in [5.41, 5.74) is 3.29. The largest absolute Gasteiger partial charge is 0.352 e. The second-order valence-electron chi connectivity index (χ2n) is 6.28. The maximum Gasteiger partial charge on any atom is 0.241 e. The van der Waals surface area contributed by atoms with Gasteiger partial charge in [0.1, 0.15) is 0 Å². The van der Waals surface area contributed by atoms with E-state index in [9.17, 15) is 13.2 Å². The van der Waals surface area contributed by atoms with E-state index in [0.29, 0.717) is 22.7 Å². The molecule has 2 N–H and O–H groups in total. The lowest BCUT2D eigenvalue weighted by Crippen LogP contribution is -2.31. The molecular formula is C19H23ClN2O3S. The predicted octanol–water partition coefficient (Wildman–Crippen LogP) is 3.25. The molecule has 0 aromatic heterocycles. The van der Waals surface area contributed by atoms with Crippen LogP contribution in [0.25, 0.3) is 0 Å². The molecule has 0 spiro atoms. The smallest absolute Gasteiger partial charge is 0.241 e. The first-order valence-corrected chi connectivity index (χ1v) is 10.1. The third-order valence-corrected chi connectivity index (χ3v) is 5.90. The van der Waals surface area contributed by atoms with Crippen molar-refractivity contribution in [3.63, 3.8) is 0 Å². The van der Waals surface area contributed by atoms with Gasteiger partial charge in [0.2, 0.25) is 15.9 Å². The van der Waals surface area contributed by atoms with Crippen molar-refractivity contribution in [3.05, 3.63) is 63.7 Å². The number of nitrogens with one attached hydrogen (secondary N) is 2. The van der Waals surface area contributed by atoms with Gasteiger partial charge < -0.3 is 5.32 Å². The fourth-order valence-corrected chi connectivity index (χ4v) is 4.59. The Balaban J connectivity index is 1.89. The molecule has 0 aliphatic carbocycles. The van der Waals surface area contributed by atoms with E-state index < -0.39 is 10.0 Å². The van der Waals surface area contributed by atoms with E-state index >= 15 is 0 Å². The van der Waals surface area contributed by atoms with Crippen molar-refractivity contribution in [1.29, 1.82) is 0 Å². The summed E-state index contributed by atoms with van der Waals surface area (Å²) in [4.78, 5) is 12.2. The molecule has 5 nitrogen and oxygen atoms in total. The fraction of sp³-hybridized carbons (Fsp3) is 0.316. The van der Waals surface area contributed by atoms with Crippen LogP contribution < -0.4 is 10.0 Å². The van der Waals surface area contributed by atoms with Crippen molar-refractivity contribution < 1.29 is 13.2 Å². The van der Waals surface area contributed by atoms with Crippen molar-refractivity contribution >= 4 is 27.5 Å². The molecule has 2 aromatic carbocycles. The Morgan fingerprint density at radius 2 is 1.73 bits per heavy atom. The third kappa shape index (κ3) is 5.56. The van der Waals surface area contributed by atoms with Gasteiger partial charge in [-0.15, -0.1) is 0 Å². The van der Waals surface area contributed by atoms with Crippen molar-refractivity contribution in [2.45, 2.75) is 38.6 Å². The molecule has 0 heterocycles. The van der Waals surface area contributed by atoms with Gasteiger partial charge in [0, 0.05) is 24.5 Å². The van der Waals surface area contributed by atoms with Crippen LogP contribution in [-0.2, 0) is 21.4 Å². The monoisotopic (exact) mass is 394 g/mol. The Kier molecular flexibility index (Phi) is 6.81. The van der Waals surface area contributed by atoms with E-state index in [2.05, 4.69) is 10.0 Å². The number of aryl methyl sites for hydroxylation is 3. The Morgan fingerprint density at radius 1 is 1.08 bits per heavy atom. The Bertz CT molecular complexity index is 888. The van der Waals surface area contributed by atoms with Gasteiger partial charge in [-0.3, -0.25) is 4.79 Å². The lowest BCUT2D eigenvalue weighted by molar-refractivity contribution is -0.121. The quantitative estimate of drug-likeness (QED) is 0.756. The first-order valence-electron chi connectivity index (χ1n) is 8.27. The molecule has 26 heavy (non-hydrogen) atoms. The van der Waals surface area contributed by atoms with Crippen LogP contribution in [-0.4, -0.2) is 20.9 Å². The fourth-order valence-electron chi connectivity index (χ4n) is 2.90. The van der Waals surface area contributed by atoms with E-state index in [1.165, 1.54) is 0 Å². The van der Waals surface area contributed by atoms with Crippen LogP contribution in [0.5, 0.6) is 0 Å². The van der Waals surface area contributed by atoms with Crippen LogP contribution in [0.3, 0.4) is 0 Å². The van der Waals surface area contributed by atoms with Gasteiger partial charge in [0.15, 0.2) is 0 Å². The molecule has 140 valence electrons. The molecule has 0 aliphatic rings. The van der Waals surface area contributed by atoms with Gasteiger partial charge in [-0.25, -0.2) is 13.1 Å². The van der Waals surface area contributed by atoms with Crippen LogP contribution in [0.4, 0.5) is 0 Å². The Hall–Kier alpha value is -1.89. The second-order valence-corrected chi connectivity index (χ2v) is 8.42. The minimum Gasteiger partial charge on any atom is -0.352 e. The summed E-state index contributed by atoms with van der Waals surface area (Å²) < 4.78 is 27.6. The van der Waals surface area contributed by atoms with Crippen molar-refractivity contribution in [3.8, 4) is 0 Å². The predicted molar refractivity (Wildman–Crippen MR) is 104 cm³/mol. The Labute approximate surface area is 159 Å². The Morgan fingerprint density at radius 3 is 2.35 bits per heavy atom. The standard InChI is InChI=1S/C19H23ClN2O3S/c1-13-9-14(2)19(15(3)10-13)26(24,25)22-8-7-18(23)21-12-16-5-4-6-17(20)11-16/h4-6,9-11,22H,7-8,12H2,1-3H3,(H,21,23). The minimum atomic E-state index is -3.65. The van der Waals surface area contributed by atoms with Gasteiger partial charge >= 0.3 is 0 Å². The van der Waals surface area contributed by atoms with E-state index in [1.54, 1.807) is 26.0 Å². The number of amides is 1. The molecule has 0 atom stereocenters. The molecule has 0 fully saturated rings. The molecule has 7 heteroatoms. The average Bonchev–Trinajstić information content (AvgIpc) is 2.51. The van der Waals surface area contributed by atoms with Crippen LogP contribution in [0, 0.1) is 20.8 Å². The number of hydrogen-bond donors (Lipinski definition) is 2. The van der Waals surface area contributed by atoms with Crippen LogP contribution in [0.15, 0.2) is 41.3 Å². The molecule has 2 aromatic rings. The summed E-state index contributed by atoms with van der Waals surface area (Å²) in [6.07, 6.45) is 0.0593. The van der Waals surface area contributed by atoms with E-state index in [0.717, 1.165) is 11.1 Å². The number of halogens is 1. The van der Waals surface area contributed by atoms with Crippen molar-refractivity contribution in [1.82, 2.24) is 10.0 Å². The van der Waals surface area contributed by atoms with Crippen molar-refractivity contribution in [2.75, 3.05) is 6.54 Å². The third-order valence-electron chi connectivity index (χ3n) is 3.90. The number of benzene rings is 2. The van der Waals surface area contributed by atoms with Gasteiger partial charge in [0.05, 0.1) is 4.90 Å². The summed E-state index contributed by atoms with van der Waals surface area (Å²) >= 11 is 5.90. The number of sulfonamides is 1. The highest BCUT2D eigenvalue weighted by Crippen LogP contribution is 2.21. The SMILES string of the molecule is Cc1cc(C)c(S(=O)(=O)NCCC(=O)NCc2cccc(Cl)c2)c(C)c1. The molecular weight excluding hydrogens is 372 g/mol. The highest BCUT2D eigenvalue weighted by atomic mass is 35.5. The average molecular weight is 395 g/mol. The number of rotatable bonds is 7. The summed E-state index contributed by atoms with van der Waals surface area (Å²) in [5.74, 6) is -0.231. The maximum absolute atomic E-state index is 12.5. The second kappa shape index (κ2) is 8.66. The molecule has 1 amide bonds. The zero-order valence-corrected chi connectivity index (χ0v) is 16.7. The molecule has 0 aliphatic heterocycles. The normalized spacial score (nSPS) is 11.4. The van der Waals surface area contributed by atoms with Gasteiger partial charge in [-0.1, -0.05) is 41.4 Å². The van der Waals surface area contributed by atoms with Gasteiger partial charge in [0.25, 0.3) is 0 Å². The van der Waals surface area contributed by atoms with E-state index in [1.807, 2.05) is 31.2 Å². The maximum atomic E-state index is 12.5. The van der Waals surface area contributed by atoms with Crippen LogP contribution in [0.2, 0.25) is 5.02 Å². The first kappa shape index (κ1) is 20.4. The van der Waals surface area contributed by atoms with E-state index in [4.69, 9.17) is 11.6 Å². The first-order chi connectivity index (χ1) is 12.2. The zero-order chi connectivity index (χ0) is 19.3. The minimum absolute atomic E-state index is 0.0382. The molecule has 0 bridgehead atoms. The summed E-state index contributed by atoms with van der Waals surface area (Å²) in [6, 6.07) is 10.9. The lowest BCUT2D eigenvalue weighted by atomic mass is 10.1. The van der Waals surface area contributed by atoms with Crippen LogP contribution in [0.1, 0.15) is 28.7 Å². The summed E-state index contributed by atoms with van der Waals surface area (Å²) in [5, 5.41) is 3.35. The molecule has 0 saturated carbocycles. The zero-order valence-electron chi connectivity index (χ0n) is 15.1. The number of hydrogen-bond acceptors (Lipinski definition) is 3. The molecule has 0 radical (unpaired) electrons. The topological polar surface area (TPSA) is 75.3 Å². The van der Waals surface area contributed by atoms with Gasteiger partial charge in [-0.05, 0) is 49.6 Å². The lowest BCUT2D eigenvalue weighted by Gasteiger charge is -2.13. The highest BCUT2D eigenvalue weighted by molar-refractivity contribution is 7.89. The van der Waals surface area contributed by atoms with Crippen molar-refractivity contribution in [2.24, 2.45) is 0 Å². The number of carbonyl (C=O) groups excluding carboxylic acids is 1. The molecule has 2 rings (SSSR count). The summed E-state index contributed by atoms with van der Waals surface area (Å²) in [6.45, 7) is 5.85. The van der Waals surface area contributed by atoms with Crippen LogP contribution >= 0.6 is 11.6 Å². The molecule has 0 saturated heterocycles. The van der Waals surface area contributed by atoms with Gasteiger partial charge in [-0.2, -0.15) is 0 Å². The van der Waals surface area contributed by atoms with E-state index in [-0.39, 0.29) is 23.8 Å². The molecule has 0 unspecified atom stereocenters. The summed E-state index contributed by atoms with van der Waals surface area (Å²) in [7, 11) is -3.65. The number of carbonyl (C=O) groups is 1. The highest BCUT2D eigenvalue weighted by Gasteiger charge is 2.19.